The van der Waals surface area contributed by atoms with Crippen molar-refractivity contribution in [3.8, 4) is 11.5 Å². The molecule has 2 heterocycles. The van der Waals surface area contributed by atoms with Crippen molar-refractivity contribution in [3.63, 3.8) is 0 Å². The Balaban J connectivity index is 0.862. The quantitative estimate of drug-likeness (QED) is 0.0144. The molecule has 17 heteroatoms. The summed E-state index contributed by atoms with van der Waals surface area (Å²) in [6.45, 7) is 22.1. The molecule has 8 aromatic carbocycles. The number of ether oxygens (including phenoxy) is 2. The van der Waals surface area contributed by atoms with E-state index in [-0.39, 0.29) is 56.6 Å². The monoisotopic (exact) mass is 1420 g/mol. The van der Waals surface area contributed by atoms with Crippen LogP contribution in [0.5, 0.6) is 11.5 Å². The van der Waals surface area contributed by atoms with Gasteiger partial charge in [-0.2, -0.15) is 35.1 Å². The molecule has 0 bridgehead atoms. The summed E-state index contributed by atoms with van der Waals surface area (Å²) in [5.74, 6) is -25.9. The van der Waals surface area contributed by atoms with E-state index in [1.54, 1.807) is 12.1 Å². The first-order chi connectivity index (χ1) is 48.7. The van der Waals surface area contributed by atoms with Crippen molar-refractivity contribution in [1.29, 1.82) is 0 Å². The highest BCUT2D eigenvalue weighted by atomic mass is 19.4. The zero-order valence-corrected chi connectivity index (χ0v) is 61.3. The summed E-state index contributed by atoms with van der Waals surface area (Å²) in [7, 11) is 0. The first-order valence-electron chi connectivity index (χ1n) is 36.4. The SMILES string of the molecule is CCCCC(CC)Cn1c2ccc(C(=O)CC(C)CC(C)(C)C)cc2c2cc(C(=O)c3ccc(OCC(F)(F)C(F)(F)C(F)(F)C(F)(F)COc4ccc(C(=NO)c5cc6c7cc(C(=O)CC(C)CC(C)(C)C)ccc7n(CC(CC)CCCC)c6c6ccccc56)cc4)cc3)c3ccccc3c21. The van der Waals surface area contributed by atoms with Gasteiger partial charge in [0, 0.05) is 103 Å². The van der Waals surface area contributed by atoms with E-state index in [1.807, 2.05) is 84.9 Å². The number of aromatic nitrogens is 2. The lowest BCUT2D eigenvalue weighted by Gasteiger charge is -2.36. The Kier molecular flexibility index (Phi) is 23.2. The zero-order valence-electron chi connectivity index (χ0n) is 61.3. The van der Waals surface area contributed by atoms with Gasteiger partial charge in [-0.15, -0.1) is 0 Å². The lowest BCUT2D eigenvalue weighted by atomic mass is 9.83. The van der Waals surface area contributed by atoms with Crippen LogP contribution in [0, 0.1) is 34.5 Å². The highest BCUT2D eigenvalue weighted by Gasteiger charge is 2.81. The average molecular weight is 1420 g/mol. The lowest BCUT2D eigenvalue weighted by molar-refractivity contribution is -0.371. The molecule has 10 rings (SSSR count). The highest BCUT2D eigenvalue weighted by Crippen LogP contribution is 2.53. The Morgan fingerprint density at radius 2 is 0.825 bits per heavy atom. The van der Waals surface area contributed by atoms with Gasteiger partial charge >= 0.3 is 23.7 Å². The van der Waals surface area contributed by atoms with Gasteiger partial charge < -0.3 is 23.8 Å². The maximum atomic E-state index is 15.6. The minimum absolute atomic E-state index is 0.00147. The molecule has 10 aromatic rings. The normalized spacial score (nSPS) is 14.3. The van der Waals surface area contributed by atoms with E-state index in [1.165, 1.54) is 24.3 Å². The van der Waals surface area contributed by atoms with Gasteiger partial charge in [-0.05, 0) is 168 Å². The molecule has 0 aliphatic carbocycles. The molecule has 1 N–H and O–H groups in total. The number of benzene rings is 8. The van der Waals surface area contributed by atoms with Gasteiger partial charge in [-0.25, -0.2) is 0 Å². The molecule has 103 heavy (non-hydrogen) atoms. The molecule has 0 amide bonds. The second kappa shape index (κ2) is 31.0. The van der Waals surface area contributed by atoms with Crippen LogP contribution >= 0.6 is 0 Å². The number of unbranched alkanes of at least 4 members (excludes halogenated alkanes) is 2. The van der Waals surface area contributed by atoms with Crippen LogP contribution < -0.4 is 9.47 Å². The second-order valence-electron chi connectivity index (χ2n) is 31.2. The average Bonchev–Trinajstić information content (AvgIpc) is 1.61. The predicted molar refractivity (Wildman–Crippen MR) is 399 cm³/mol. The molecular weight excluding hydrogens is 1320 g/mol. The second-order valence-corrected chi connectivity index (χ2v) is 31.2. The van der Waals surface area contributed by atoms with E-state index < -0.39 is 54.2 Å². The van der Waals surface area contributed by atoms with Gasteiger partial charge in [0.15, 0.2) is 30.6 Å². The summed E-state index contributed by atoms with van der Waals surface area (Å²) in [4.78, 5) is 42.7. The van der Waals surface area contributed by atoms with Gasteiger partial charge in [0.05, 0.1) is 11.0 Å². The van der Waals surface area contributed by atoms with Crippen molar-refractivity contribution in [3.05, 3.63) is 179 Å². The van der Waals surface area contributed by atoms with Gasteiger partial charge in [0.2, 0.25) is 0 Å². The van der Waals surface area contributed by atoms with Gasteiger partial charge in [0.25, 0.3) is 0 Å². The number of fused-ring (bicyclic) bond motifs is 10. The molecule has 2 aromatic heterocycles. The van der Waals surface area contributed by atoms with E-state index in [4.69, 9.17) is 9.47 Å². The van der Waals surface area contributed by atoms with Crippen LogP contribution in [0.4, 0.5) is 35.1 Å². The predicted octanol–water partition coefficient (Wildman–Crippen LogP) is 24.4. The minimum atomic E-state index is -6.71. The fourth-order valence-corrected chi connectivity index (χ4v) is 15.3. The summed E-state index contributed by atoms with van der Waals surface area (Å²) in [6.07, 6.45) is 10.5. The molecule has 4 unspecified atom stereocenters. The molecule has 0 aliphatic heterocycles. The maximum absolute atomic E-state index is 15.6. The maximum Gasteiger partial charge on any atom is 0.381 e. The van der Waals surface area contributed by atoms with Gasteiger partial charge in [-0.3, -0.25) is 14.4 Å². The lowest BCUT2D eigenvalue weighted by Crippen LogP contribution is -2.65. The van der Waals surface area contributed by atoms with Crippen molar-refractivity contribution in [2.45, 2.75) is 197 Å². The molecule has 0 saturated carbocycles. The summed E-state index contributed by atoms with van der Waals surface area (Å²) in [5.41, 5.74) is 5.69. The van der Waals surface area contributed by atoms with Crippen LogP contribution in [0.25, 0.3) is 65.2 Å². The third-order valence-electron chi connectivity index (χ3n) is 20.3. The van der Waals surface area contributed by atoms with Crippen LogP contribution in [0.15, 0.2) is 151 Å². The highest BCUT2D eigenvalue weighted by molar-refractivity contribution is 6.28. The Bertz CT molecular complexity index is 4750. The number of hydrogen-bond acceptors (Lipinski definition) is 7. The number of Topliss-reactive ketones (excluding diaryl/α,β-unsaturated/α-hetero) is 2. The largest absolute Gasteiger partial charge is 0.487 e. The number of hydrogen-bond donors (Lipinski definition) is 1. The smallest absolute Gasteiger partial charge is 0.381 e. The van der Waals surface area contributed by atoms with E-state index in [9.17, 15) is 19.6 Å². The van der Waals surface area contributed by atoms with Crippen LogP contribution in [0.1, 0.15) is 208 Å². The molecule has 9 nitrogen and oxygen atoms in total. The van der Waals surface area contributed by atoms with Crippen molar-refractivity contribution in [1.82, 2.24) is 9.13 Å². The Hall–Kier alpha value is -8.60. The van der Waals surface area contributed by atoms with Crippen molar-refractivity contribution < 1.29 is 64.2 Å². The first-order valence-corrected chi connectivity index (χ1v) is 36.4. The summed E-state index contributed by atoms with van der Waals surface area (Å²) >= 11 is 0. The number of alkyl halides is 8. The number of rotatable bonds is 33. The molecule has 0 aliphatic rings. The van der Waals surface area contributed by atoms with Gasteiger partial charge in [-0.1, -0.05) is 175 Å². The van der Waals surface area contributed by atoms with Crippen LogP contribution in [-0.4, -0.2) is 74.3 Å². The summed E-state index contributed by atoms with van der Waals surface area (Å²) < 4.78 is 139. The fraction of sp³-hybridized carbons (Fsp3) is 0.442. The molecule has 4 atom stereocenters. The van der Waals surface area contributed by atoms with Crippen LogP contribution in [0.3, 0.4) is 0 Å². The first kappa shape index (κ1) is 77.0. The van der Waals surface area contributed by atoms with Crippen molar-refractivity contribution in [2.24, 2.45) is 39.7 Å². The number of carbonyl (C=O) groups is 3. The van der Waals surface area contributed by atoms with Crippen LogP contribution in [-0.2, 0) is 13.1 Å². The number of carbonyl (C=O) groups excluding carboxylic acids is 3. The summed E-state index contributed by atoms with van der Waals surface area (Å²) in [6, 6.07) is 39.3. The van der Waals surface area contributed by atoms with Crippen molar-refractivity contribution >= 4 is 88.2 Å². The van der Waals surface area contributed by atoms with E-state index in [0.717, 1.165) is 143 Å². The topological polar surface area (TPSA) is 112 Å². The molecule has 0 spiro atoms. The van der Waals surface area contributed by atoms with Crippen LogP contribution in [0.2, 0.25) is 0 Å². The molecule has 0 fully saturated rings. The Morgan fingerprint density at radius 3 is 1.20 bits per heavy atom. The number of nitrogens with zero attached hydrogens (tertiary/aromatic N) is 3. The fourth-order valence-electron chi connectivity index (χ4n) is 15.3. The van der Waals surface area contributed by atoms with Crippen molar-refractivity contribution in [2.75, 3.05) is 13.2 Å². The minimum Gasteiger partial charge on any atom is -0.487 e. The third-order valence-corrected chi connectivity index (χ3v) is 20.3. The molecule has 548 valence electrons. The number of oxime groups is 1. The Labute approximate surface area is 599 Å². The number of ketones is 3. The molecule has 0 saturated heterocycles. The third kappa shape index (κ3) is 16.4. The molecule has 0 radical (unpaired) electrons. The number of halogens is 8. The van der Waals surface area contributed by atoms with E-state index >= 15 is 35.1 Å². The Morgan fingerprint density at radius 1 is 0.456 bits per heavy atom. The van der Waals surface area contributed by atoms with E-state index in [0.29, 0.717) is 65.2 Å². The zero-order chi connectivity index (χ0) is 74.7. The standard InChI is InChI=1S/C86H97F8N3O6/c1-13-17-23-55(15-3)49-96-73-39-33-59(75(98)41-53(5)47-81(7,8)9)43-67(73)70-45-69(63-25-19-21-27-65(63)78(70)96)77(95-101)57-29-35-61(36-30-57)102-51-83(87,88)85(91,92)86(93,94)84(89,90)52-103-62-37-31-58(32-38-62)80(100)72-46-71-68-44-60(76(99)42-54(6)48-82(10,11)12)34-40-74(68)97(50-56(16-4)24-18-14-2)79(71)66-28-22-20-26-64(66)72/h19-22,25-40,43-46,53-56,101H,13-18,23-24,41-42,47-52H2,1-12H3. The van der Waals surface area contributed by atoms with Gasteiger partial charge in [0.1, 0.15) is 17.2 Å². The molecular formula is C86H97F8N3O6. The van der Waals surface area contributed by atoms with E-state index in [2.05, 4.69) is 97.4 Å². The summed E-state index contributed by atoms with van der Waals surface area (Å²) in [5, 5.41) is 20.4.